The lowest BCUT2D eigenvalue weighted by Crippen LogP contribution is -2.58. The topological polar surface area (TPSA) is 214 Å². The summed E-state index contributed by atoms with van der Waals surface area (Å²) in [4.78, 5) is 61.7. The summed E-state index contributed by atoms with van der Waals surface area (Å²) in [5.41, 5.74) is 12.1. The summed E-state index contributed by atoms with van der Waals surface area (Å²) in [5.74, 6) is -5.13. The summed E-state index contributed by atoms with van der Waals surface area (Å²) in [6, 6.07) is 3.71. The van der Waals surface area contributed by atoms with Gasteiger partial charge >= 0.3 is 11.9 Å². The Hall–Kier alpha value is -3.51. The molecular formula is C25H39N5O7. The van der Waals surface area contributed by atoms with E-state index in [0.717, 1.165) is 0 Å². The van der Waals surface area contributed by atoms with Crippen molar-refractivity contribution < 1.29 is 34.2 Å². The molecule has 0 bridgehead atoms. The van der Waals surface area contributed by atoms with E-state index < -0.39 is 60.2 Å². The molecule has 1 aromatic carbocycles. The molecule has 0 aliphatic carbocycles. The molecule has 0 spiro atoms. The molecule has 5 unspecified atom stereocenters. The highest BCUT2D eigenvalue weighted by Gasteiger charge is 2.32. The molecule has 9 N–H and O–H groups in total. The Bertz CT molecular complexity index is 912. The van der Waals surface area contributed by atoms with Crippen LogP contribution < -0.4 is 27.4 Å². The van der Waals surface area contributed by atoms with Crippen molar-refractivity contribution in [2.24, 2.45) is 17.4 Å². The summed E-state index contributed by atoms with van der Waals surface area (Å²) in [7, 11) is 0. The minimum absolute atomic E-state index is 0.0408. The van der Waals surface area contributed by atoms with E-state index in [1.54, 1.807) is 37.3 Å². The number of benzene rings is 1. The van der Waals surface area contributed by atoms with Crippen LogP contribution in [0.4, 0.5) is 0 Å². The Balaban J connectivity index is 3.02. The van der Waals surface area contributed by atoms with Gasteiger partial charge in [-0.15, -0.1) is 0 Å². The van der Waals surface area contributed by atoms with E-state index in [2.05, 4.69) is 16.0 Å². The SMILES string of the molecule is CCC(C)C(N)C(=O)NC(CCCCN)C(=O)NC(CC(=O)O)C(=O)NC(Cc1ccccc1)C(=O)O. The number of aliphatic carboxylic acids is 2. The smallest absolute Gasteiger partial charge is 0.326 e. The molecule has 0 saturated heterocycles. The first-order valence-corrected chi connectivity index (χ1v) is 12.3. The van der Waals surface area contributed by atoms with E-state index in [1.165, 1.54) is 0 Å². The second-order valence-electron chi connectivity index (χ2n) is 9.01. The van der Waals surface area contributed by atoms with Gasteiger partial charge in [0.1, 0.15) is 18.1 Å². The Morgan fingerprint density at radius 1 is 0.865 bits per heavy atom. The fourth-order valence-corrected chi connectivity index (χ4v) is 3.52. The van der Waals surface area contributed by atoms with Gasteiger partial charge in [0.15, 0.2) is 0 Å². The number of rotatable bonds is 17. The standard InChI is InChI=1S/C25H39N5O7/c1-3-15(2)21(27)24(35)28-17(11-7-8-12-26)22(33)29-18(14-20(31)32)23(34)30-19(25(36)37)13-16-9-5-4-6-10-16/h4-6,9-10,15,17-19,21H,3,7-8,11-14,26-27H2,1-2H3,(H,28,35)(H,29,33)(H,30,34)(H,31,32)(H,36,37). The van der Waals surface area contributed by atoms with E-state index in [4.69, 9.17) is 11.5 Å². The van der Waals surface area contributed by atoms with Crippen LogP contribution in [0.15, 0.2) is 30.3 Å². The highest BCUT2D eigenvalue weighted by atomic mass is 16.4. The van der Waals surface area contributed by atoms with E-state index in [9.17, 15) is 34.2 Å². The van der Waals surface area contributed by atoms with Gasteiger partial charge in [-0.2, -0.15) is 0 Å². The zero-order chi connectivity index (χ0) is 28.0. The third-order valence-electron chi connectivity index (χ3n) is 6.05. The molecule has 12 nitrogen and oxygen atoms in total. The highest BCUT2D eigenvalue weighted by Crippen LogP contribution is 2.09. The van der Waals surface area contributed by atoms with Gasteiger partial charge in [0.2, 0.25) is 17.7 Å². The molecule has 0 radical (unpaired) electrons. The van der Waals surface area contributed by atoms with E-state index in [0.29, 0.717) is 31.4 Å². The van der Waals surface area contributed by atoms with Crippen LogP contribution >= 0.6 is 0 Å². The normalized spacial score (nSPS) is 14.9. The molecule has 12 heteroatoms. The lowest BCUT2D eigenvalue weighted by Gasteiger charge is -2.25. The van der Waals surface area contributed by atoms with Crippen LogP contribution in [0.3, 0.4) is 0 Å². The molecule has 0 saturated carbocycles. The lowest BCUT2D eigenvalue weighted by molar-refractivity contribution is -0.143. The van der Waals surface area contributed by atoms with Crippen LogP contribution in [0.2, 0.25) is 0 Å². The van der Waals surface area contributed by atoms with E-state index in [1.807, 2.05) is 6.92 Å². The molecule has 0 heterocycles. The van der Waals surface area contributed by atoms with Gasteiger partial charge < -0.3 is 37.6 Å². The number of amides is 3. The van der Waals surface area contributed by atoms with Crippen molar-refractivity contribution in [1.29, 1.82) is 0 Å². The Morgan fingerprint density at radius 2 is 1.43 bits per heavy atom. The van der Waals surface area contributed by atoms with Crippen LogP contribution in [-0.4, -0.2) is 70.6 Å². The maximum absolute atomic E-state index is 13.1. The second kappa shape index (κ2) is 16.3. The Kier molecular flexibility index (Phi) is 13.9. The van der Waals surface area contributed by atoms with Crippen LogP contribution in [0.5, 0.6) is 0 Å². The predicted molar refractivity (Wildman–Crippen MR) is 136 cm³/mol. The maximum Gasteiger partial charge on any atom is 0.326 e. The molecule has 5 atom stereocenters. The monoisotopic (exact) mass is 521 g/mol. The van der Waals surface area contributed by atoms with Crippen molar-refractivity contribution in [3.63, 3.8) is 0 Å². The van der Waals surface area contributed by atoms with Crippen LogP contribution in [0.25, 0.3) is 0 Å². The molecule has 0 aliphatic heterocycles. The average molecular weight is 522 g/mol. The first-order valence-electron chi connectivity index (χ1n) is 12.3. The largest absolute Gasteiger partial charge is 0.481 e. The number of nitrogens with one attached hydrogen (secondary N) is 3. The van der Waals surface area contributed by atoms with E-state index in [-0.39, 0.29) is 18.8 Å². The van der Waals surface area contributed by atoms with Gasteiger partial charge in [0.05, 0.1) is 12.5 Å². The third-order valence-corrected chi connectivity index (χ3v) is 6.05. The molecule has 1 aromatic rings. The average Bonchev–Trinajstić information content (AvgIpc) is 2.86. The zero-order valence-electron chi connectivity index (χ0n) is 21.3. The number of carbonyl (C=O) groups excluding carboxylic acids is 3. The Labute approximate surface area is 216 Å². The second-order valence-corrected chi connectivity index (χ2v) is 9.01. The number of hydrogen-bond donors (Lipinski definition) is 7. The molecule has 0 aliphatic rings. The molecule has 3 amide bonds. The highest BCUT2D eigenvalue weighted by molar-refractivity contribution is 5.95. The molecule has 206 valence electrons. The lowest BCUT2D eigenvalue weighted by atomic mass is 9.98. The van der Waals surface area contributed by atoms with Gasteiger partial charge in [-0.1, -0.05) is 50.6 Å². The molecule has 0 fully saturated rings. The van der Waals surface area contributed by atoms with Crippen LogP contribution in [-0.2, 0) is 30.4 Å². The number of carboxylic acids is 2. The third kappa shape index (κ3) is 11.4. The van der Waals surface area contributed by atoms with Crippen molar-refractivity contribution in [2.75, 3.05) is 6.54 Å². The van der Waals surface area contributed by atoms with Crippen molar-refractivity contribution in [2.45, 2.75) is 76.5 Å². The van der Waals surface area contributed by atoms with Crippen molar-refractivity contribution >= 4 is 29.7 Å². The molecule has 37 heavy (non-hydrogen) atoms. The van der Waals surface area contributed by atoms with Gasteiger partial charge in [-0.3, -0.25) is 19.2 Å². The summed E-state index contributed by atoms with van der Waals surface area (Å²) >= 11 is 0. The molecule has 0 aromatic heterocycles. The number of unbranched alkanes of at least 4 members (excludes halogenated alkanes) is 1. The van der Waals surface area contributed by atoms with Crippen LogP contribution in [0, 0.1) is 5.92 Å². The fraction of sp³-hybridized carbons (Fsp3) is 0.560. The number of nitrogens with two attached hydrogens (primary N) is 2. The van der Waals surface area contributed by atoms with Gasteiger partial charge in [0.25, 0.3) is 0 Å². The Morgan fingerprint density at radius 3 is 1.97 bits per heavy atom. The van der Waals surface area contributed by atoms with Crippen molar-refractivity contribution in [1.82, 2.24) is 16.0 Å². The molecule has 1 rings (SSSR count). The van der Waals surface area contributed by atoms with Gasteiger partial charge in [-0.25, -0.2) is 4.79 Å². The minimum atomic E-state index is -1.57. The maximum atomic E-state index is 13.1. The number of carbonyl (C=O) groups is 5. The van der Waals surface area contributed by atoms with Crippen LogP contribution in [0.1, 0.15) is 51.5 Å². The van der Waals surface area contributed by atoms with Gasteiger partial charge in [0, 0.05) is 6.42 Å². The summed E-state index contributed by atoms with van der Waals surface area (Å²) in [5, 5.41) is 26.1. The van der Waals surface area contributed by atoms with Crippen molar-refractivity contribution in [3.05, 3.63) is 35.9 Å². The first kappa shape index (κ1) is 31.5. The van der Waals surface area contributed by atoms with Crippen molar-refractivity contribution in [3.8, 4) is 0 Å². The minimum Gasteiger partial charge on any atom is -0.481 e. The fourth-order valence-electron chi connectivity index (χ4n) is 3.52. The summed E-state index contributed by atoms with van der Waals surface area (Å²) < 4.78 is 0. The predicted octanol–water partition coefficient (Wildman–Crippen LogP) is -0.255. The number of hydrogen-bond acceptors (Lipinski definition) is 7. The zero-order valence-corrected chi connectivity index (χ0v) is 21.3. The first-order chi connectivity index (χ1) is 17.5. The quantitative estimate of drug-likeness (QED) is 0.134. The summed E-state index contributed by atoms with van der Waals surface area (Å²) in [6.07, 6.45) is 1.08. The molecular weight excluding hydrogens is 482 g/mol. The van der Waals surface area contributed by atoms with E-state index >= 15 is 0 Å². The number of carboxylic acid groups (broad SMARTS) is 2. The van der Waals surface area contributed by atoms with Gasteiger partial charge in [-0.05, 0) is 37.3 Å². The summed E-state index contributed by atoms with van der Waals surface area (Å²) in [6.45, 7) is 4.05.